The molecule has 0 radical (unpaired) electrons. The van der Waals surface area contributed by atoms with Crippen molar-refractivity contribution in [1.82, 2.24) is 10.1 Å². The Balaban J connectivity index is 2.18. The van der Waals surface area contributed by atoms with Crippen molar-refractivity contribution in [2.45, 2.75) is 26.3 Å². The van der Waals surface area contributed by atoms with Gasteiger partial charge in [-0.2, -0.15) is 4.98 Å². The van der Waals surface area contributed by atoms with Crippen LogP contribution in [0.3, 0.4) is 0 Å². The molecule has 1 atom stereocenters. The molecule has 19 heavy (non-hydrogen) atoms. The van der Waals surface area contributed by atoms with Crippen LogP contribution in [0.2, 0.25) is 5.02 Å². The second-order valence-corrected chi connectivity index (χ2v) is 5.12. The fourth-order valence-corrected chi connectivity index (χ4v) is 1.81. The summed E-state index contributed by atoms with van der Waals surface area (Å²) in [6.45, 7) is 3.93. The van der Waals surface area contributed by atoms with E-state index in [0.717, 1.165) is 0 Å². The Morgan fingerprint density at radius 3 is 2.84 bits per heavy atom. The molecule has 0 amide bonds. The fraction of sp³-hybridized carbons (Fsp3) is 0.385. The van der Waals surface area contributed by atoms with Gasteiger partial charge in [-0.1, -0.05) is 42.7 Å². The Morgan fingerprint density at radius 1 is 1.42 bits per heavy atom. The van der Waals surface area contributed by atoms with E-state index in [1.807, 2.05) is 13.8 Å². The van der Waals surface area contributed by atoms with Crippen molar-refractivity contribution in [3.63, 3.8) is 0 Å². The molecule has 0 bridgehead atoms. The van der Waals surface area contributed by atoms with E-state index in [9.17, 15) is 4.39 Å². The minimum atomic E-state index is -0.455. The zero-order valence-corrected chi connectivity index (χ0v) is 11.5. The van der Waals surface area contributed by atoms with E-state index in [4.69, 9.17) is 21.9 Å². The van der Waals surface area contributed by atoms with Crippen molar-refractivity contribution < 1.29 is 8.91 Å². The molecular weight excluding hydrogens is 269 g/mol. The second kappa shape index (κ2) is 5.67. The third-order valence-electron chi connectivity index (χ3n) is 2.87. The molecule has 0 spiro atoms. The molecule has 2 rings (SSSR count). The molecule has 6 heteroatoms. The van der Waals surface area contributed by atoms with Gasteiger partial charge in [0.2, 0.25) is 5.89 Å². The van der Waals surface area contributed by atoms with Crippen LogP contribution in [0.5, 0.6) is 0 Å². The molecule has 2 N–H and O–H groups in total. The van der Waals surface area contributed by atoms with Gasteiger partial charge < -0.3 is 10.3 Å². The molecule has 1 heterocycles. The first kappa shape index (κ1) is 14.0. The molecule has 102 valence electrons. The van der Waals surface area contributed by atoms with Crippen LogP contribution < -0.4 is 5.73 Å². The van der Waals surface area contributed by atoms with Gasteiger partial charge in [0.05, 0.1) is 11.1 Å². The van der Waals surface area contributed by atoms with E-state index in [0.29, 0.717) is 17.3 Å². The topological polar surface area (TPSA) is 64.9 Å². The van der Waals surface area contributed by atoms with Crippen molar-refractivity contribution >= 4 is 11.6 Å². The molecule has 0 unspecified atom stereocenters. The summed E-state index contributed by atoms with van der Waals surface area (Å²) in [7, 11) is 0. The first-order valence-electron chi connectivity index (χ1n) is 6.00. The third-order valence-corrected chi connectivity index (χ3v) is 3.16. The molecule has 0 saturated carbocycles. The number of nitrogens with zero attached hydrogens (tertiary/aromatic N) is 2. The maximum atomic E-state index is 13.7. The van der Waals surface area contributed by atoms with Gasteiger partial charge in [-0.25, -0.2) is 4.39 Å². The van der Waals surface area contributed by atoms with Crippen LogP contribution in [0.25, 0.3) is 0 Å². The minimum Gasteiger partial charge on any atom is -0.338 e. The summed E-state index contributed by atoms with van der Waals surface area (Å²) in [5.41, 5.74) is 6.34. The average molecular weight is 284 g/mol. The number of hydrogen-bond donors (Lipinski definition) is 1. The van der Waals surface area contributed by atoms with Crippen molar-refractivity contribution in [2.24, 2.45) is 11.7 Å². The standard InChI is InChI=1S/C13H15ClFN3O/c1-7(2)12(16)13-17-10(18-19-13)6-8-4-3-5-9(14)11(8)15/h3-5,7,12H,6,16H2,1-2H3/t12-/m0/s1. The van der Waals surface area contributed by atoms with Crippen LogP contribution >= 0.6 is 11.6 Å². The first-order valence-corrected chi connectivity index (χ1v) is 6.37. The molecule has 1 aromatic heterocycles. The van der Waals surface area contributed by atoms with Gasteiger partial charge in [0.25, 0.3) is 0 Å². The number of benzene rings is 1. The summed E-state index contributed by atoms with van der Waals surface area (Å²) < 4.78 is 18.8. The lowest BCUT2D eigenvalue weighted by Gasteiger charge is -2.09. The monoisotopic (exact) mass is 283 g/mol. The van der Waals surface area contributed by atoms with E-state index in [-0.39, 0.29) is 23.4 Å². The summed E-state index contributed by atoms with van der Waals surface area (Å²) in [6, 6.07) is 4.50. The first-order chi connectivity index (χ1) is 8.99. The van der Waals surface area contributed by atoms with E-state index in [1.54, 1.807) is 12.1 Å². The summed E-state index contributed by atoms with van der Waals surface area (Å²) in [5, 5.41) is 3.89. The molecular formula is C13H15ClFN3O. The Morgan fingerprint density at radius 2 is 2.16 bits per heavy atom. The third kappa shape index (κ3) is 3.11. The summed E-state index contributed by atoms with van der Waals surface area (Å²) in [4.78, 5) is 4.18. The highest BCUT2D eigenvalue weighted by Gasteiger charge is 2.18. The number of nitrogens with two attached hydrogens (primary N) is 1. The zero-order chi connectivity index (χ0) is 14.0. The van der Waals surface area contributed by atoms with Gasteiger partial charge in [-0.15, -0.1) is 0 Å². The predicted octanol–water partition coefficient (Wildman–Crippen LogP) is 3.11. The van der Waals surface area contributed by atoms with Gasteiger partial charge in [0, 0.05) is 6.42 Å². The minimum absolute atomic E-state index is 0.0834. The van der Waals surface area contributed by atoms with Crippen LogP contribution in [0.4, 0.5) is 4.39 Å². The van der Waals surface area contributed by atoms with Crippen molar-refractivity contribution in [1.29, 1.82) is 0 Å². The molecule has 0 saturated heterocycles. The van der Waals surface area contributed by atoms with Gasteiger partial charge >= 0.3 is 0 Å². The Bertz CT molecular complexity index is 571. The highest BCUT2D eigenvalue weighted by molar-refractivity contribution is 6.30. The highest BCUT2D eigenvalue weighted by atomic mass is 35.5. The van der Waals surface area contributed by atoms with Gasteiger partial charge in [0.15, 0.2) is 5.82 Å². The molecule has 4 nitrogen and oxygen atoms in total. The molecule has 0 aliphatic carbocycles. The van der Waals surface area contributed by atoms with Gasteiger partial charge in [-0.05, 0) is 17.5 Å². The largest absolute Gasteiger partial charge is 0.338 e. The maximum Gasteiger partial charge on any atom is 0.243 e. The zero-order valence-electron chi connectivity index (χ0n) is 10.7. The second-order valence-electron chi connectivity index (χ2n) is 4.71. The van der Waals surface area contributed by atoms with E-state index in [2.05, 4.69) is 10.1 Å². The number of rotatable bonds is 4. The SMILES string of the molecule is CC(C)[C@H](N)c1nc(Cc2cccc(Cl)c2F)no1. The van der Waals surface area contributed by atoms with Gasteiger partial charge in [-0.3, -0.25) is 0 Å². The van der Waals surface area contributed by atoms with Crippen LogP contribution in [-0.4, -0.2) is 10.1 Å². The number of hydrogen-bond acceptors (Lipinski definition) is 4. The van der Waals surface area contributed by atoms with Crippen molar-refractivity contribution in [3.8, 4) is 0 Å². The molecule has 0 fully saturated rings. The van der Waals surface area contributed by atoms with E-state index < -0.39 is 5.82 Å². The van der Waals surface area contributed by atoms with E-state index >= 15 is 0 Å². The molecule has 1 aromatic carbocycles. The smallest absolute Gasteiger partial charge is 0.243 e. The Hall–Kier alpha value is -1.46. The van der Waals surface area contributed by atoms with Crippen molar-refractivity contribution in [3.05, 3.63) is 46.3 Å². The van der Waals surface area contributed by atoms with Crippen LogP contribution in [-0.2, 0) is 6.42 Å². The van der Waals surface area contributed by atoms with Crippen LogP contribution in [0, 0.1) is 11.7 Å². The lowest BCUT2D eigenvalue weighted by Crippen LogP contribution is -2.17. The molecule has 2 aromatic rings. The Labute approximate surface area is 115 Å². The lowest BCUT2D eigenvalue weighted by atomic mass is 10.1. The normalized spacial score (nSPS) is 12.9. The average Bonchev–Trinajstić information content (AvgIpc) is 2.82. The highest BCUT2D eigenvalue weighted by Crippen LogP contribution is 2.21. The maximum absolute atomic E-state index is 13.7. The van der Waals surface area contributed by atoms with Gasteiger partial charge in [0.1, 0.15) is 5.82 Å². The van der Waals surface area contributed by atoms with Crippen LogP contribution in [0.1, 0.15) is 37.2 Å². The molecule has 0 aliphatic rings. The van der Waals surface area contributed by atoms with Crippen LogP contribution in [0.15, 0.2) is 22.7 Å². The summed E-state index contributed by atoms with van der Waals surface area (Å²) in [6.07, 6.45) is 0.223. The number of aromatic nitrogens is 2. The van der Waals surface area contributed by atoms with Crippen molar-refractivity contribution in [2.75, 3.05) is 0 Å². The Kier molecular flexibility index (Phi) is 4.17. The lowest BCUT2D eigenvalue weighted by molar-refractivity contribution is 0.322. The quantitative estimate of drug-likeness (QED) is 0.936. The summed E-state index contributed by atoms with van der Waals surface area (Å²) >= 11 is 5.72. The predicted molar refractivity (Wildman–Crippen MR) is 70.3 cm³/mol. The van der Waals surface area contributed by atoms with E-state index in [1.165, 1.54) is 6.07 Å². The fourth-order valence-electron chi connectivity index (χ4n) is 1.62. The number of halogens is 2. The summed E-state index contributed by atoms with van der Waals surface area (Å²) in [5.74, 6) is 0.500. The molecule has 0 aliphatic heterocycles.